The number of hydrogen-bond acceptors (Lipinski definition) is 3. The fourth-order valence-electron chi connectivity index (χ4n) is 2.27. The smallest absolute Gasteiger partial charge is 0.133 e. The molecule has 1 heterocycles. The third kappa shape index (κ3) is 2.09. The van der Waals surface area contributed by atoms with Gasteiger partial charge in [0, 0.05) is 31.7 Å². The van der Waals surface area contributed by atoms with Crippen LogP contribution in [0.3, 0.4) is 0 Å². The minimum absolute atomic E-state index is 0.614. The van der Waals surface area contributed by atoms with Crippen molar-refractivity contribution in [2.45, 2.75) is 31.8 Å². The average Bonchev–Trinajstić information content (AvgIpc) is 2.88. The van der Waals surface area contributed by atoms with Gasteiger partial charge in [0.15, 0.2) is 0 Å². The monoisotopic (exact) mass is 182 g/mol. The SMILES string of the molecule is CC1CN(CC=O)CCN1C1CC1. The molecule has 1 atom stereocenters. The first-order valence-electron chi connectivity index (χ1n) is 5.23. The molecule has 0 bridgehead atoms. The normalized spacial score (nSPS) is 31.9. The van der Waals surface area contributed by atoms with E-state index in [0.717, 1.165) is 32.0 Å². The van der Waals surface area contributed by atoms with Crippen LogP contribution in [0.4, 0.5) is 0 Å². The fourth-order valence-corrected chi connectivity index (χ4v) is 2.27. The largest absolute Gasteiger partial charge is 0.302 e. The summed E-state index contributed by atoms with van der Waals surface area (Å²) in [4.78, 5) is 15.2. The number of nitrogens with zero attached hydrogens (tertiary/aromatic N) is 2. The quantitative estimate of drug-likeness (QED) is 0.589. The van der Waals surface area contributed by atoms with Crippen molar-refractivity contribution in [3.63, 3.8) is 0 Å². The lowest BCUT2D eigenvalue weighted by atomic mass is 10.2. The summed E-state index contributed by atoms with van der Waals surface area (Å²) in [5.41, 5.74) is 0. The maximum atomic E-state index is 10.4. The zero-order valence-corrected chi connectivity index (χ0v) is 8.28. The van der Waals surface area contributed by atoms with Gasteiger partial charge in [-0.15, -0.1) is 0 Å². The van der Waals surface area contributed by atoms with Gasteiger partial charge < -0.3 is 4.79 Å². The minimum atomic E-state index is 0.614. The third-order valence-electron chi connectivity index (χ3n) is 3.11. The Balaban J connectivity index is 1.83. The van der Waals surface area contributed by atoms with Crippen LogP contribution in [0, 0.1) is 0 Å². The summed E-state index contributed by atoms with van der Waals surface area (Å²) in [6.07, 6.45) is 3.79. The van der Waals surface area contributed by atoms with Gasteiger partial charge in [-0.1, -0.05) is 0 Å². The number of carbonyl (C=O) groups is 1. The van der Waals surface area contributed by atoms with Crippen LogP contribution in [0.5, 0.6) is 0 Å². The Bertz CT molecular complexity index is 191. The van der Waals surface area contributed by atoms with Gasteiger partial charge >= 0.3 is 0 Å². The minimum Gasteiger partial charge on any atom is -0.302 e. The van der Waals surface area contributed by atoms with Crippen molar-refractivity contribution in [2.75, 3.05) is 26.2 Å². The van der Waals surface area contributed by atoms with Crippen LogP contribution >= 0.6 is 0 Å². The Kier molecular flexibility index (Phi) is 2.65. The molecule has 0 aromatic carbocycles. The predicted octanol–water partition coefficient (Wildman–Crippen LogP) is 0.354. The number of aldehydes is 1. The van der Waals surface area contributed by atoms with Gasteiger partial charge in [0.05, 0.1) is 6.54 Å². The highest BCUT2D eigenvalue weighted by atomic mass is 16.1. The standard InChI is InChI=1S/C10H18N2O/c1-9-8-11(6-7-13)4-5-12(9)10-2-3-10/h7,9-10H,2-6,8H2,1H3. The van der Waals surface area contributed by atoms with Crippen molar-refractivity contribution in [3.8, 4) is 0 Å². The van der Waals surface area contributed by atoms with Crippen molar-refractivity contribution < 1.29 is 4.79 Å². The topological polar surface area (TPSA) is 23.6 Å². The Hall–Kier alpha value is -0.410. The number of piperazine rings is 1. The van der Waals surface area contributed by atoms with E-state index in [2.05, 4.69) is 16.7 Å². The van der Waals surface area contributed by atoms with E-state index in [1.165, 1.54) is 12.8 Å². The molecule has 0 aromatic heterocycles. The van der Waals surface area contributed by atoms with Crippen molar-refractivity contribution in [2.24, 2.45) is 0 Å². The van der Waals surface area contributed by atoms with E-state index in [1.807, 2.05) is 0 Å². The maximum Gasteiger partial charge on any atom is 0.133 e. The molecule has 0 spiro atoms. The lowest BCUT2D eigenvalue weighted by molar-refractivity contribution is -0.109. The number of hydrogen-bond donors (Lipinski definition) is 0. The fraction of sp³-hybridized carbons (Fsp3) is 0.900. The maximum absolute atomic E-state index is 10.4. The molecule has 1 aliphatic carbocycles. The molecular formula is C10H18N2O. The first-order chi connectivity index (χ1) is 6.31. The Morgan fingerprint density at radius 3 is 2.69 bits per heavy atom. The molecular weight excluding hydrogens is 164 g/mol. The van der Waals surface area contributed by atoms with Crippen LogP contribution in [0.2, 0.25) is 0 Å². The molecule has 2 fully saturated rings. The van der Waals surface area contributed by atoms with Crippen LogP contribution in [-0.2, 0) is 4.79 Å². The van der Waals surface area contributed by atoms with E-state index >= 15 is 0 Å². The van der Waals surface area contributed by atoms with Crippen LogP contribution in [0.15, 0.2) is 0 Å². The van der Waals surface area contributed by atoms with Gasteiger partial charge in [0.2, 0.25) is 0 Å². The summed E-state index contributed by atoms with van der Waals surface area (Å²) < 4.78 is 0. The molecule has 0 N–H and O–H groups in total. The second kappa shape index (κ2) is 3.76. The molecule has 3 heteroatoms. The van der Waals surface area contributed by atoms with E-state index < -0.39 is 0 Å². The molecule has 0 aromatic rings. The molecule has 1 aliphatic heterocycles. The molecule has 0 radical (unpaired) electrons. The lowest BCUT2D eigenvalue weighted by Gasteiger charge is -2.39. The highest BCUT2D eigenvalue weighted by molar-refractivity contribution is 5.52. The first kappa shape index (κ1) is 9.16. The molecule has 1 unspecified atom stereocenters. The third-order valence-corrected chi connectivity index (χ3v) is 3.11. The zero-order valence-electron chi connectivity index (χ0n) is 8.28. The molecule has 2 aliphatic rings. The summed E-state index contributed by atoms with van der Waals surface area (Å²) in [5, 5.41) is 0. The van der Waals surface area contributed by atoms with Crippen LogP contribution < -0.4 is 0 Å². The molecule has 1 saturated carbocycles. The van der Waals surface area contributed by atoms with Crippen molar-refractivity contribution >= 4 is 6.29 Å². The molecule has 0 amide bonds. The second-order valence-corrected chi connectivity index (χ2v) is 4.24. The van der Waals surface area contributed by atoms with Gasteiger partial charge in [0.25, 0.3) is 0 Å². The molecule has 1 saturated heterocycles. The first-order valence-corrected chi connectivity index (χ1v) is 5.23. The summed E-state index contributed by atoms with van der Waals surface area (Å²) >= 11 is 0. The highest BCUT2D eigenvalue weighted by Crippen LogP contribution is 2.29. The van der Waals surface area contributed by atoms with Crippen molar-refractivity contribution in [1.29, 1.82) is 0 Å². The summed E-state index contributed by atoms with van der Waals surface area (Å²) in [5.74, 6) is 0. The van der Waals surface area contributed by atoms with Gasteiger partial charge in [-0.3, -0.25) is 9.80 Å². The van der Waals surface area contributed by atoms with Gasteiger partial charge in [0.1, 0.15) is 6.29 Å². The van der Waals surface area contributed by atoms with Gasteiger partial charge in [-0.25, -0.2) is 0 Å². The zero-order chi connectivity index (χ0) is 9.26. The summed E-state index contributed by atoms with van der Waals surface area (Å²) in [7, 11) is 0. The second-order valence-electron chi connectivity index (χ2n) is 4.24. The summed E-state index contributed by atoms with van der Waals surface area (Å²) in [6, 6.07) is 1.51. The van der Waals surface area contributed by atoms with E-state index in [0.29, 0.717) is 12.6 Å². The molecule has 74 valence electrons. The van der Waals surface area contributed by atoms with E-state index in [9.17, 15) is 4.79 Å². The van der Waals surface area contributed by atoms with Gasteiger partial charge in [-0.05, 0) is 19.8 Å². The predicted molar refractivity (Wildman–Crippen MR) is 51.7 cm³/mol. The number of rotatable bonds is 3. The van der Waals surface area contributed by atoms with Crippen molar-refractivity contribution in [3.05, 3.63) is 0 Å². The average molecular weight is 182 g/mol. The van der Waals surface area contributed by atoms with E-state index in [-0.39, 0.29) is 0 Å². The van der Waals surface area contributed by atoms with Crippen LogP contribution in [0.25, 0.3) is 0 Å². The van der Waals surface area contributed by atoms with Crippen molar-refractivity contribution in [1.82, 2.24) is 9.80 Å². The molecule has 2 rings (SSSR count). The summed E-state index contributed by atoms with van der Waals surface area (Å²) in [6.45, 7) is 6.17. The molecule has 3 nitrogen and oxygen atoms in total. The molecule has 13 heavy (non-hydrogen) atoms. The lowest BCUT2D eigenvalue weighted by Crippen LogP contribution is -2.52. The van der Waals surface area contributed by atoms with E-state index in [1.54, 1.807) is 0 Å². The van der Waals surface area contributed by atoms with Crippen LogP contribution in [0.1, 0.15) is 19.8 Å². The number of carbonyl (C=O) groups excluding carboxylic acids is 1. The Morgan fingerprint density at radius 1 is 1.38 bits per heavy atom. The van der Waals surface area contributed by atoms with E-state index in [4.69, 9.17) is 0 Å². The van der Waals surface area contributed by atoms with Gasteiger partial charge in [-0.2, -0.15) is 0 Å². The Morgan fingerprint density at radius 2 is 2.15 bits per heavy atom. The highest BCUT2D eigenvalue weighted by Gasteiger charge is 2.34. The Labute approximate surface area is 79.7 Å². The van der Waals surface area contributed by atoms with Crippen LogP contribution in [-0.4, -0.2) is 54.3 Å².